The van der Waals surface area contributed by atoms with Crippen molar-refractivity contribution in [1.29, 1.82) is 0 Å². The molecule has 0 unspecified atom stereocenters. The van der Waals surface area contributed by atoms with Crippen molar-refractivity contribution in [3.63, 3.8) is 0 Å². The second kappa shape index (κ2) is 3.89. The molecule has 0 aliphatic carbocycles. The van der Waals surface area contributed by atoms with Gasteiger partial charge in [-0.3, -0.25) is 9.59 Å². The fourth-order valence-electron chi connectivity index (χ4n) is 1.26. The number of amides is 2. The summed E-state index contributed by atoms with van der Waals surface area (Å²) in [6, 6.07) is 0. The molecule has 0 spiro atoms. The number of alkyl halides is 2. The lowest BCUT2D eigenvalue weighted by Gasteiger charge is -2.22. The van der Waals surface area contributed by atoms with E-state index in [0.717, 1.165) is 4.90 Å². The monoisotopic (exact) mass is 206 g/mol. The van der Waals surface area contributed by atoms with Crippen LogP contribution in [0.15, 0.2) is 0 Å². The molecule has 0 atom stereocenters. The summed E-state index contributed by atoms with van der Waals surface area (Å²) in [7, 11) is 0. The topological polar surface area (TPSA) is 49.4 Å². The summed E-state index contributed by atoms with van der Waals surface area (Å²) < 4.78 is 25.3. The highest BCUT2D eigenvalue weighted by atomic mass is 19.3. The number of nitrogens with one attached hydrogen (secondary N) is 1. The average molecular weight is 206 g/mol. The lowest BCUT2D eigenvalue weighted by Crippen LogP contribution is -2.44. The van der Waals surface area contributed by atoms with Gasteiger partial charge in [0.05, 0.1) is 6.54 Å². The van der Waals surface area contributed by atoms with E-state index in [1.54, 1.807) is 0 Å². The standard InChI is InChI=1S/C8H12F2N2O2/c1-8(9,10)7(14)12-4-2-3-11-6(13)5-12/h2-5H2,1H3,(H,11,13). The van der Waals surface area contributed by atoms with E-state index in [2.05, 4.69) is 5.32 Å². The van der Waals surface area contributed by atoms with Gasteiger partial charge in [0.15, 0.2) is 0 Å². The van der Waals surface area contributed by atoms with Gasteiger partial charge < -0.3 is 10.2 Å². The molecular formula is C8H12F2N2O2. The Morgan fingerprint density at radius 3 is 2.79 bits per heavy atom. The summed E-state index contributed by atoms with van der Waals surface area (Å²) in [6.07, 6.45) is 0.507. The number of carbonyl (C=O) groups is 2. The van der Waals surface area contributed by atoms with Crippen LogP contribution in [0.4, 0.5) is 8.78 Å². The minimum Gasteiger partial charge on any atom is -0.354 e. The number of carbonyl (C=O) groups excluding carboxylic acids is 2. The number of hydrogen-bond donors (Lipinski definition) is 1. The highest BCUT2D eigenvalue weighted by Crippen LogP contribution is 2.16. The summed E-state index contributed by atoms with van der Waals surface area (Å²) in [5.41, 5.74) is 0. The minimum atomic E-state index is -3.40. The highest BCUT2D eigenvalue weighted by Gasteiger charge is 2.37. The smallest absolute Gasteiger partial charge is 0.322 e. The van der Waals surface area contributed by atoms with Gasteiger partial charge in [0, 0.05) is 20.0 Å². The van der Waals surface area contributed by atoms with Gasteiger partial charge in [-0.2, -0.15) is 8.78 Å². The van der Waals surface area contributed by atoms with Crippen LogP contribution >= 0.6 is 0 Å². The van der Waals surface area contributed by atoms with Crippen LogP contribution in [0.5, 0.6) is 0 Å². The minimum absolute atomic E-state index is 0.195. The second-order valence-corrected chi connectivity index (χ2v) is 3.32. The molecule has 0 radical (unpaired) electrons. The third kappa shape index (κ3) is 2.65. The Morgan fingerprint density at radius 2 is 2.21 bits per heavy atom. The maximum atomic E-state index is 12.6. The molecular weight excluding hydrogens is 194 g/mol. The van der Waals surface area contributed by atoms with Gasteiger partial charge >= 0.3 is 5.92 Å². The molecule has 1 fully saturated rings. The summed E-state index contributed by atoms with van der Waals surface area (Å²) in [4.78, 5) is 23.0. The zero-order valence-corrected chi connectivity index (χ0v) is 7.85. The molecule has 1 aliphatic heterocycles. The number of hydrogen-bond acceptors (Lipinski definition) is 2. The van der Waals surface area contributed by atoms with Crippen molar-refractivity contribution in [3.8, 4) is 0 Å². The molecule has 1 saturated heterocycles. The van der Waals surface area contributed by atoms with E-state index in [1.807, 2.05) is 0 Å². The van der Waals surface area contributed by atoms with Crippen LogP contribution in [-0.4, -0.2) is 42.3 Å². The van der Waals surface area contributed by atoms with Gasteiger partial charge in [0.25, 0.3) is 5.91 Å². The molecule has 1 heterocycles. The van der Waals surface area contributed by atoms with Crippen LogP contribution in [0.3, 0.4) is 0 Å². The molecule has 0 saturated carbocycles. The van der Waals surface area contributed by atoms with Crippen molar-refractivity contribution in [2.75, 3.05) is 19.6 Å². The molecule has 1 N–H and O–H groups in total. The van der Waals surface area contributed by atoms with Gasteiger partial charge in [-0.15, -0.1) is 0 Å². The zero-order chi connectivity index (χ0) is 10.8. The summed E-state index contributed by atoms with van der Waals surface area (Å²) in [6.45, 7) is 0.888. The van der Waals surface area contributed by atoms with Crippen molar-refractivity contribution in [1.82, 2.24) is 10.2 Å². The Labute approximate surface area is 80.3 Å². The Balaban J connectivity index is 2.66. The third-order valence-electron chi connectivity index (χ3n) is 1.92. The Bertz CT molecular complexity index is 250. The van der Waals surface area contributed by atoms with Crippen LogP contribution in [0.1, 0.15) is 13.3 Å². The SMILES string of the molecule is CC(F)(F)C(=O)N1CCCNC(=O)C1. The summed E-state index contributed by atoms with van der Waals surface area (Å²) in [5.74, 6) is -5.07. The second-order valence-electron chi connectivity index (χ2n) is 3.32. The highest BCUT2D eigenvalue weighted by molar-refractivity contribution is 5.88. The van der Waals surface area contributed by atoms with Crippen LogP contribution < -0.4 is 5.32 Å². The normalized spacial score (nSPS) is 18.8. The molecule has 80 valence electrons. The Morgan fingerprint density at radius 1 is 1.57 bits per heavy atom. The Hall–Kier alpha value is -1.20. The quantitative estimate of drug-likeness (QED) is 0.656. The van der Waals surface area contributed by atoms with Gasteiger partial charge in [0.1, 0.15) is 0 Å². The maximum absolute atomic E-state index is 12.6. The molecule has 0 aromatic carbocycles. The van der Waals surface area contributed by atoms with Gasteiger partial charge in [-0.1, -0.05) is 0 Å². The Kier molecular flexibility index (Phi) is 3.03. The first kappa shape index (κ1) is 10.9. The molecule has 0 aromatic rings. The van der Waals surface area contributed by atoms with Gasteiger partial charge in [-0.05, 0) is 6.42 Å². The molecule has 14 heavy (non-hydrogen) atoms. The van der Waals surface area contributed by atoms with Crippen molar-refractivity contribution < 1.29 is 18.4 Å². The summed E-state index contributed by atoms with van der Waals surface area (Å²) >= 11 is 0. The molecule has 2 amide bonds. The maximum Gasteiger partial charge on any atom is 0.322 e. The molecule has 0 bridgehead atoms. The number of nitrogens with zero attached hydrogens (tertiary/aromatic N) is 1. The van der Waals surface area contributed by atoms with E-state index < -0.39 is 11.8 Å². The largest absolute Gasteiger partial charge is 0.354 e. The van der Waals surface area contributed by atoms with E-state index >= 15 is 0 Å². The van der Waals surface area contributed by atoms with Crippen LogP contribution in [0.2, 0.25) is 0 Å². The van der Waals surface area contributed by atoms with Gasteiger partial charge in [0.2, 0.25) is 5.91 Å². The van der Waals surface area contributed by atoms with Crippen molar-refractivity contribution in [3.05, 3.63) is 0 Å². The molecule has 0 aromatic heterocycles. The van der Waals surface area contributed by atoms with Crippen molar-refractivity contribution in [2.24, 2.45) is 0 Å². The zero-order valence-electron chi connectivity index (χ0n) is 7.85. The van der Waals surface area contributed by atoms with E-state index in [4.69, 9.17) is 0 Å². The van der Waals surface area contributed by atoms with Crippen molar-refractivity contribution in [2.45, 2.75) is 19.3 Å². The van der Waals surface area contributed by atoms with Crippen LogP contribution in [0, 0.1) is 0 Å². The summed E-state index contributed by atoms with van der Waals surface area (Å²) in [5, 5.41) is 2.50. The lowest BCUT2D eigenvalue weighted by molar-refractivity contribution is -0.156. The fourth-order valence-corrected chi connectivity index (χ4v) is 1.26. The van der Waals surface area contributed by atoms with Crippen LogP contribution in [-0.2, 0) is 9.59 Å². The first-order valence-electron chi connectivity index (χ1n) is 4.35. The lowest BCUT2D eigenvalue weighted by atomic mass is 10.3. The predicted octanol–water partition coefficient (Wildman–Crippen LogP) is -0.00990. The van der Waals surface area contributed by atoms with E-state index in [-0.39, 0.29) is 19.0 Å². The number of halogens is 2. The first-order valence-corrected chi connectivity index (χ1v) is 4.35. The fraction of sp³-hybridized carbons (Fsp3) is 0.750. The third-order valence-corrected chi connectivity index (χ3v) is 1.92. The van der Waals surface area contributed by atoms with E-state index in [0.29, 0.717) is 19.9 Å². The number of rotatable bonds is 1. The van der Waals surface area contributed by atoms with E-state index in [1.165, 1.54) is 0 Å². The molecule has 6 heteroatoms. The molecule has 1 aliphatic rings. The van der Waals surface area contributed by atoms with Crippen LogP contribution in [0.25, 0.3) is 0 Å². The molecule has 4 nitrogen and oxygen atoms in total. The first-order chi connectivity index (χ1) is 6.41. The van der Waals surface area contributed by atoms with E-state index in [9.17, 15) is 18.4 Å². The van der Waals surface area contributed by atoms with Gasteiger partial charge in [-0.25, -0.2) is 0 Å². The predicted molar refractivity (Wildman–Crippen MR) is 44.8 cm³/mol. The average Bonchev–Trinajstić information content (AvgIpc) is 2.26. The molecule has 1 rings (SSSR count). The van der Waals surface area contributed by atoms with Crippen molar-refractivity contribution >= 4 is 11.8 Å².